The fraction of sp³-hybridized carbons (Fsp3) is 0.125. The summed E-state index contributed by atoms with van der Waals surface area (Å²) in [6.07, 6.45) is 2.32. The van der Waals surface area contributed by atoms with E-state index in [4.69, 9.17) is 0 Å². The molecule has 2 heterocycles. The Labute approximate surface area is 126 Å². The molecule has 110 valence electrons. The molecule has 6 nitrogen and oxygen atoms in total. The van der Waals surface area contributed by atoms with Gasteiger partial charge in [0, 0.05) is 24.9 Å². The zero-order valence-corrected chi connectivity index (χ0v) is 11.7. The van der Waals surface area contributed by atoms with Crippen molar-refractivity contribution >= 4 is 16.8 Å². The molecule has 6 heteroatoms. The second-order valence-electron chi connectivity index (χ2n) is 4.76. The Morgan fingerprint density at radius 2 is 1.95 bits per heavy atom. The van der Waals surface area contributed by atoms with Crippen LogP contribution in [0.15, 0.2) is 53.5 Å². The van der Waals surface area contributed by atoms with Crippen LogP contribution in [0.25, 0.3) is 10.9 Å². The highest BCUT2D eigenvalue weighted by molar-refractivity contribution is 5.92. The van der Waals surface area contributed by atoms with Crippen molar-refractivity contribution in [3.63, 3.8) is 0 Å². The van der Waals surface area contributed by atoms with Crippen LogP contribution in [0, 0.1) is 0 Å². The van der Waals surface area contributed by atoms with Crippen molar-refractivity contribution in [2.75, 3.05) is 6.54 Å². The number of hydrogen-bond acceptors (Lipinski definition) is 4. The Morgan fingerprint density at radius 1 is 1.14 bits per heavy atom. The predicted octanol–water partition coefficient (Wildman–Crippen LogP) is 1.29. The number of rotatable bonds is 4. The van der Waals surface area contributed by atoms with Gasteiger partial charge in [-0.2, -0.15) is 0 Å². The minimum absolute atomic E-state index is 0.0183. The molecule has 0 spiro atoms. The number of H-pyrrole nitrogens is 1. The third-order valence-corrected chi connectivity index (χ3v) is 3.22. The van der Waals surface area contributed by atoms with Gasteiger partial charge in [0.05, 0.1) is 10.9 Å². The molecule has 3 rings (SSSR count). The Kier molecular flexibility index (Phi) is 3.91. The first-order valence-corrected chi connectivity index (χ1v) is 6.91. The second-order valence-corrected chi connectivity index (χ2v) is 4.76. The van der Waals surface area contributed by atoms with E-state index in [1.807, 2.05) is 18.2 Å². The number of aromatic nitrogens is 3. The summed E-state index contributed by atoms with van der Waals surface area (Å²) >= 11 is 0. The van der Waals surface area contributed by atoms with E-state index >= 15 is 0 Å². The first-order valence-electron chi connectivity index (χ1n) is 6.91. The van der Waals surface area contributed by atoms with Crippen LogP contribution < -0.4 is 10.9 Å². The molecule has 0 aliphatic rings. The topological polar surface area (TPSA) is 87.7 Å². The van der Waals surface area contributed by atoms with Gasteiger partial charge in [-0.25, -0.2) is 4.98 Å². The van der Waals surface area contributed by atoms with Crippen LogP contribution in [0.4, 0.5) is 0 Å². The Balaban J connectivity index is 1.71. The molecular formula is C16H14N4O2. The first-order chi connectivity index (χ1) is 10.7. The van der Waals surface area contributed by atoms with Crippen LogP contribution in [0.3, 0.4) is 0 Å². The molecular weight excluding hydrogens is 280 g/mol. The molecule has 1 amide bonds. The molecule has 3 aromatic rings. The quantitative estimate of drug-likeness (QED) is 0.759. The lowest BCUT2D eigenvalue weighted by Gasteiger charge is -2.05. The Morgan fingerprint density at radius 3 is 2.77 bits per heavy atom. The van der Waals surface area contributed by atoms with Crippen molar-refractivity contribution in [2.45, 2.75) is 6.42 Å². The minimum atomic E-state index is -0.404. The number of fused-ring (bicyclic) bond motifs is 1. The molecule has 0 unspecified atom stereocenters. The van der Waals surface area contributed by atoms with Crippen LogP contribution in [0.1, 0.15) is 16.3 Å². The summed E-state index contributed by atoms with van der Waals surface area (Å²) < 4.78 is 0. The van der Waals surface area contributed by atoms with Crippen LogP contribution in [0.5, 0.6) is 0 Å². The summed E-state index contributed by atoms with van der Waals surface area (Å²) in [5, 5.41) is 3.19. The molecule has 2 aromatic heterocycles. The zero-order chi connectivity index (χ0) is 15.4. The van der Waals surface area contributed by atoms with Crippen molar-refractivity contribution in [1.82, 2.24) is 20.3 Å². The van der Waals surface area contributed by atoms with Crippen molar-refractivity contribution in [3.8, 4) is 0 Å². The number of carbonyl (C=O) groups is 1. The first kappa shape index (κ1) is 13.9. The third-order valence-electron chi connectivity index (χ3n) is 3.22. The summed E-state index contributed by atoms with van der Waals surface area (Å²) in [4.78, 5) is 34.8. The van der Waals surface area contributed by atoms with Gasteiger partial charge in [0.2, 0.25) is 0 Å². The minimum Gasteiger partial charge on any atom is -0.349 e. The molecule has 2 N–H and O–H groups in total. The van der Waals surface area contributed by atoms with Crippen LogP contribution in [0.2, 0.25) is 0 Å². The SMILES string of the molecule is O=C(NCCc1ccccn1)c1nc2ccccc2c(=O)[nH]1. The van der Waals surface area contributed by atoms with Crippen LogP contribution in [-0.4, -0.2) is 27.4 Å². The summed E-state index contributed by atoms with van der Waals surface area (Å²) in [5.74, 6) is -0.386. The number of nitrogens with one attached hydrogen (secondary N) is 2. The maximum atomic E-state index is 12.1. The fourth-order valence-electron chi connectivity index (χ4n) is 2.13. The van der Waals surface area contributed by atoms with E-state index in [2.05, 4.69) is 20.3 Å². The van der Waals surface area contributed by atoms with Crippen molar-refractivity contribution in [3.05, 3.63) is 70.5 Å². The molecule has 0 saturated heterocycles. The predicted molar refractivity (Wildman–Crippen MR) is 82.6 cm³/mol. The monoisotopic (exact) mass is 294 g/mol. The van der Waals surface area contributed by atoms with E-state index in [1.54, 1.807) is 30.5 Å². The van der Waals surface area contributed by atoms with Gasteiger partial charge in [0.1, 0.15) is 0 Å². The standard InChI is InChI=1S/C16H14N4O2/c21-15-12-6-1-2-7-13(12)19-14(20-15)16(22)18-10-8-11-5-3-4-9-17-11/h1-7,9H,8,10H2,(H,18,22)(H,19,20,21). The van der Waals surface area contributed by atoms with Gasteiger partial charge in [-0.1, -0.05) is 18.2 Å². The summed E-state index contributed by atoms with van der Waals surface area (Å²) in [5.41, 5.74) is 1.07. The number of amides is 1. The van der Waals surface area contributed by atoms with Crippen molar-refractivity contribution in [1.29, 1.82) is 0 Å². The van der Waals surface area contributed by atoms with Gasteiger partial charge < -0.3 is 10.3 Å². The number of para-hydroxylation sites is 1. The number of hydrogen-bond donors (Lipinski definition) is 2. The number of nitrogens with zero attached hydrogens (tertiary/aromatic N) is 2. The molecule has 0 aliphatic carbocycles. The highest BCUT2D eigenvalue weighted by atomic mass is 16.2. The lowest BCUT2D eigenvalue weighted by atomic mass is 10.2. The van der Waals surface area contributed by atoms with E-state index in [1.165, 1.54) is 0 Å². The average Bonchev–Trinajstić information content (AvgIpc) is 2.56. The van der Waals surface area contributed by atoms with Crippen LogP contribution in [-0.2, 0) is 6.42 Å². The van der Waals surface area contributed by atoms with Crippen LogP contribution >= 0.6 is 0 Å². The molecule has 0 radical (unpaired) electrons. The van der Waals surface area contributed by atoms with Gasteiger partial charge in [-0.05, 0) is 24.3 Å². The molecule has 22 heavy (non-hydrogen) atoms. The number of carbonyl (C=O) groups excluding carboxylic acids is 1. The number of pyridine rings is 1. The molecule has 0 bridgehead atoms. The maximum absolute atomic E-state index is 12.1. The Hall–Kier alpha value is -3.02. The lowest BCUT2D eigenvalue weighted by molar-refractivity contribution is 0.0944. The van der Waals surface area contributed by atoms with E-state index in [0.717, 1.165) is 5.69 Å². The second kappa shape index (κ2) is 6.17. The molecule has 1 aromatic carbocycles. The van der Waals surface area contributed by atoms with Gasteiger partial charge in [-0.15, -0.1) is 0 Å². The Bertz CT molecular complexity index is 859. The normalized spacial score (nSPS) is 10.5. The van der Waals surface area contributed by atoms with Gasteiger partial charge in [0.15, 0.2) is 5.82 Å². The van der Waals surface area contributed by atoms with Crippen molar-refractivity contribution in [2.24, 2.45) is 0 Å². The smallest absolute Gasteiger partial charge is 0.287 e. The maximum Gasteiger partial charge on any atom is 0.287 e. The molecule has 0 aliphatic heterocycles. The summed E-state index contributed by atoms with van der Waals surface area (Å²) in [7, 11) is 0. The molecule has 0 atom stereocenters. The average molecular weight is 294 g/mol. The van der Waals surface area contributed by atoms with Gasteiger partial charge >= 0.3 is 0 Å². The number of aromatic amines is 1. The molecule has 0 saturated carbocycles. The highest BCUT2D eigenvalue weighted by Crippen LogP contribution is 2.05. The summed E-state index contributed by atoms with van der Waals surface area (Å²) in [6.45, 7) is 0.423. The van der Waals surface area contributed by atoms with E-state index in [-0.39, 0.29) is 11.4 Å². The third kappa shape index (κ3) is 3.01. The largest absolute Gasteiger partial charge is 0.349 e. The molecule has 0 fully saturated rings. The summed E-state index contributed by atoms with van der Waals surface area (Å²) in [6, 6.07) is 12.5. The van der Waals surface area contributed by atoms with Gasteiger partial charge in [-0.3, -0.25) is 14.6 Å². The zero-order valence-electron chi connectivity index (χ0n) is 11.7. The van der Waals surface area contributed by atoms with E-state index < -0.39 is 5.91 Å². The lowest BCUT2D eigenvalue weighted by Crippen LogP contribution is -2.29. The highest BCUT2D eigenvalue weighted by Gasteiger charge is 2.10. The van der Waals surface area contributed by atoms with E-state index in [0.29, 0.717) is 23.9 Å². The van der Waals surface area contributed by atoms with Crippen molar-refractivity contribution < 1.29 is 4.79 Å². The van der Waals surface area contributed by atoms with E-state index in [9.17, 15) is 9.59 Å². The fourth-order valence-corrected chi connectivity index (χ4v) is 2.13. The van der Waals surface area contributed by atoms with Gasteiger partial charge in [0.25, 0.3) is 11.5 Å². The number of benzene rings is 1.